The zero-order valence-corrected chi connectivity index (χ0v) is 18.2. The fraction of sp³-hybridized carbons (Fsp3) is 0.200. The minimum absolute atomic E-state index is 0.0324. The molecular weight excluding hydrogens is 456 g/mol. The molecule has 33 heavy (non-hydrogen) atoms. The summed E-state index contributed by atoms with van der Waals surface area (Å²) in [7, 11) is 0. The fourth-order valence-electron chi connectivity index (χ4n) is 2.36. The van der Waals surface area contributed by atoms with Crippen LogP contribution in [0.4, 0.5) is 0 Å². The van der Waals surface area contributed by atoms with E-state index in [-0.39, 0.29) is 29.6 Å². The van der Waals surface area contributed by atoms with Crippen LogP contribution in [-0.4, -0.2) is 61.6 Å². The van der Waals surface area contributed by atoms with E-state index >= 15 is 0 Å². The van der Waals surface area contributed by atoms with Crippen molar-refractivity contribution in [1.29, 1.82) is 0 Å². The number of nitrogens with one attached hydrogen (secondary N) is 1. The summed E-state index contributed by atoms with van der Waals surface area (Å²) in [5.41, 5.74) is 7.51. The molecule has 0 fully saturated rings. The van der Waals surface area contributed by atoms with Crippen LogP contribution < -0.4 is 5.43 Å². The molecule has 0 saturated heterocycles. The second kappa shape index (κ2) is 11.9. The average Bonchev–Trinajstić information content (AvgIpc) is 2.81. The van der Waals surface area contributed by atoms with Crippen molar-refractivity contribution in [3.63, 3.8) is 0 Å². The maximum atomic E-state index is 11.8. The number of hydrogen-bond donors (Lipinski definition) is 1. The summed E-state index contributed by atoms with van der Waals surface area (Å²) in [6.07, 6.45) is 2.92. The van der Waals surface area contributed by atoms with Gasteiger partial charge < -0.3 is 15.0 Å². The molecule has 13 heteroatoms. The first-order valence-electron chi connectivity index (χ1n) is 9.40. The zero-order valence-electron chi connectivity index (χ0n) is 17.4. The summed E-state index contributed by atoms with van der Waals surface area (Å²) in [5, 5.41) is 6.43. The zero-order chi connectivity index (χ0) is 24.4. The summed E-state index contributed by atoms with van der Waals surface area (Å²) in [6.45, 7) is 3.49. The molecule has 0 saturated carbocycles. The van der Waals surface area contributed by atoms with E-state index in [1.54, 1.807) is 26.0 Å². The number of carbonyl (C=O) groups excluding carboxylic acids is 3. The van der Waals surface area contributed by atoms with E-state index in [0.717, 1.165) is 0 Å². The molecule has 0 aliphatic rings. The van der Waals surface area contributed by atoms with Gasteiger partial charge in [0, 0.05) is 12.4 Å². The Hall–Kier alpha value is -4.28. The molecule has 0 aromatic carbocycles. The van der Waals surface area contributed by atoms with Crippen molar-refractivity contribution in [2.75, 3.05) is 13.2 Å². The number of aromatic nitrogens is 4. The number of H-pyrrole nitrogens is 1. The van der Waals surface area contributed by atoms with E-state index in [0.29, 0.717) is 11.0 Å². The second-order valence-corrected chi connectivity index (χ2v) is 6.22. The van der Waals surface area contributed by atoms with Crippen molar-refractivity contribution in [3.8, 4) is 0 Å². The van der Waals surface area contributed by atoms with Crippen LogP contribution in [0.1, 0.15) is 34.7 Å². The molecular formula is C20H17ClN6O6. The number of pyridine rings is 2. The summed E-state index contributed by atoms with van der Waals surface area (Å²) >= 11 is 5.68. The molecule has 12 nitrogen and oxygen atoms in total. The lowest BCUT2D eigenvalue weighted by atomic mass is 10.1. The first kappa shape index (κ1) is 25.0. The normalized spacial score (nSPS) is 9.79. The number of rotatable bonds is 6. The number of halogens is 1. The molecule has 0 amide bonds. The molecule has 3 aromatic rings. The van der Waals surface area contributed by atoms with E-state index in [1.165, 1.54) is 24.5 Å². The molecule has 3 rings (SSSR count). The van der Waals surface area contributed by atoms with Crippen molar-refractivity contribution in [2.45, 2.75) is 13.8 Å². The van der Waals surface area contributed by atoms with Crippen molar-refractivity contribution in [3.05, 3.63) is 68.8 Å². The smallest absolute Gasteiger partial charge is 0.446 e. The Bertz CT molecular complexity index is 1300. The summed E-state index contributed by atoms with van der Waals surface area (Å²) in [5.74, 6) is -2.58. The SMILES string of the molecule is CCOC(=O)C(=[N+]=[N-])C(=O)c1cccnc1Cl.CCOC(=O)c1n[nH]c2ncccc2c1=O. The molecule has 0 aliphatic carbocycles. The van der Waals surface area contributed by atoms with Gasteiger partial charge in [-0.3, -0.25) is 14.7 Å². The van der Waals surface area contributed by atoms with Crippen LogP contribution in [-0.2, 0) is 14.3 Å². The van der Waals surface area contributed by atoms with E-state index in [9.17, 15) is 19.2 Å². The second-order valence-electron chi connectivity index (χ2n) is 5.86. The van der Waals surface area contributed by atoms with Crippen LogP contribution in [0.15, 0.2) is 41.5 Å². The third kappa shape index (κ3) is 6.12. The molecule has 0 spiro atoms. The number of Topliss-reactive ketones (excluding diaryl/α,β-unsaturated/α-hetero) is 1. The predicted molar refractivity (Wildman–Crippen MR) is 115 cm³/mol. The van der Waals surface area contributed by atoms with Crippen molar-refractivity contribution < 1.29 is 28.6 Å². The van der Waals surface area contributed by atoms with Crippen LogP contribution in [0.25, 0.3) is 16.6 Å². The minimum Gasteiger partial charge on any atom is -0.461 e. The maximum Gasteiger partial charge on any atom is 0.446 e. The molecule has 1 N–H and O–H groups in total. The highest BCUT2D eigenvalue weighted by molar-refractivity contribution is 6.66. The highest BCUT2D eigenvalue weighted by Gasteiger charge is 2.33. The van der Waals surface area contributed by atoms with Gasteiger partial charge in [0.25, 0.3) is 5.78 Å². The standard InChI is InChI=1S/C10H8ClN3O3.C10H9N3O3/c1-2-17-10(16)7(14-12)8(15)6-4-3-5-13-9(6)11;1-2-16-10(15)7-8(14)6-4-3-5-11-9(6)13-12-7/h3-5H,2H2,1H3;3-5H,2H2,1H3,(H,11,13,14). The Kier molecular flexibility index (Phi) is 9.04. The lowest BCUT2D eigenvalue weighted by Gasteiger charge is -2.00. The lowest BCUT2D eigenvalue weighted by Crippen LogP contribution is -2.27. The van der Waals surface area contributed by atoms with Gasteiger partial charge in [0.05, 0.1) is 24.2 Å². The number of nitrogens with zero attached hydrogens (tertiary/aromatic N) is 5. The first-order valence-corrected chi connectivity index (χ1v) is 9.78. The van der Waals surface area contributed by atoms with Crippen LogP contribution in [0.3, 0.4) is 0 Å². The Morgan fingerprint density at radius 3 is 2.39 bits per heavy atom. The minimum atomic E-state index is -1.01. The highest BCUT2D eigenvalue weighted by Crippen LogP contribution is 2.12. The number of esters is 2. The molecule has 170 valence electrons. The van der Waals surface area contributed by atoms with Gasteiger partial charge in [0.15, 0.2) is 5.65 Å². The third-order valence-electron chi connectivity index (χ3n) is 3.80. The number of aromatic amines is 1. The molecule has 0 bridgehead atoms. The quantitative estimate of drug-likeness (QED) is 0.106. The Balaban J connectivity index is 0.000000234. The Labute approximate surface area is 191 Å². The van der Waals surface area contributed by atoms with E-state index in [4.69, 9.17) is 21.9 Å². The Morgan fingerprint density at radius 1 is 1.09 bits per heavy atom. The molecule has 0 atom stereocenters. The third-order valence-corrected chi connectivity index (χ3v) is 4.10. The topological polar surface area (TPSA) is 178 Å². The summed E-state index contributed by atoms with van der Waals surface area (Å²) in [6, 6.07) is 6.03. The summed E-state index contributed by atoms with van der Waals surface area (Å²) in [4.78, 5) is 56.5. The van der Waals surface area contributed by atoms with Crippen molar-refractivity contribution in [2.24, 2.45) is 0 Å². The van der Waals surface area contributed by atoms with E-state index < -0.39 is 28.9 Å². The van der Waals surface area contributed by atoms with Crippen molar-refractivity contribution in [1.82, 2.24) is 20.2 Å². The number of ether oxygens (including phenoxy) is 2. The van der Waals surface area contributed by atoms with Gasteiger partial charge >= 0.3 is 17.7 Å². The molecule has 3 heterocycles. The van der Waals surface area contributed by atoms with Gasteiger partial charge in [-0.1, -0.05) is 11.6 Å². The van der Waals surface area contributed by atoms with Crippen LogP contribution in [0.2, 0.25) is 5.15 Å². The maximum absolute atomic E-state index is 11.8. The Morgan fingerprint density at radius 2 is 1.76 bits per heavy atom. The van der Waals surface area contributed by atoms with Gasteiger partial charge in [-0.15, -0.1) is 0 Å². The number of hydrogen-bond acceptors (Lipinski definition) is 9. The highest BCUT2D eigenvalue weighted by atomic mass is 35.5. The van der Waals surface area contributed by atoms with Crippen LogP contribution in [0, 0.1) is 0 Å². The molecule has 0 unspecified atom stereocenters. The van der Waals surface area contributed by atoms with Crippen LogP contribution in [0.5, 0.6) is 0 Å². The number of ketones is 1. The van der Waals surface area contributed by atoms with Gasteiger partial charge in [0.2, 0.25) is 11.1 Å². The average molecular weight is 473 g/mol. The predicted octanol–water partition coefficient (Wildman–Crippen LogP) is 1.65. The first-order chi connectivity index (χ1) is 15.8. The molecule has 0 aliphatic heterocycles. The molecule has 0 radical (unpaired) electrons. The van der Waals surface area contributed by atoms with Crippen LogP contribution >= 0.6 is 11.6 Å². The number of fused-ring (bicyclic) bond motifs is 1. The van der Waals surface area contributed by atoms with Crippen molar-refractivity contribution >= 4 is 46.1 Å². The lowest BCUT2D eigenvalue weighted by molar-refractivity contribution is -0.139. The summed E-state index contributed by atoms with van der Waals surface area (Å²) < 4.78 is 9.28. The van der Waals surface area contributed by atoms with E-state index in [1.807, 2.05) is 0 Å². The largest absolute Gasteiger partial charge is 0.461 e. The van der Waals surface area contributed by atoms with Gasteiger partial charge in [-0.2, -0.15) is 9.89 Å². The fourth-order valence-corrected chi connectivity index (χ4v) is 2.57. The number of carbonyl (C=O) groups is 3. The monoisotopic (exact) mass is 472 g/mol. The van der Waals surface area contributed by atoms with Gasteiger partial charge in [-0.25, -0.2) is 19.6 Å². The van der Waals surface area contributed by atoms with Gasteiger partial charge in [-0.05, 0) is 38.1 Å². The van der Waals surface area contributed by atoms with Gasteiger partial charge in [0.1, 0.15) is 5.15 Å². The molecule has 3 aromatic heterocycles. The van der Waals surface area contributed by atoms with E-state index in [2.05, 4.69) is 29.7 Å².